The summed E-state index contributed by atoms with van der Waals surface area (Å²) in [6, 6.07) is 3.29. The normalized spacial score (nSPS) is 8.94. The minimum absolute atomic E-state index is 0.437. The third-order valence-corrected chi connectivity index (χ3v) is 2.14. The van der Waals surface area contributed by atoms with E-state index in [1.54, 1.807) is 12.1 Å². The first-order valence-electron chi connectivity index (χ1n) is 4.57. The largest absolute Gasteiger partial charge is 0.493 e. The SMILES string of the molecule is COc1cc(C#CCS)c(C=O)cc1OC. The lowest BCUT2D eigenvalue weighted by molar-refractivity contribution is 0.112. The van der Waals surface area contributed by atoms with Crippen LogP contribution in [0.3, 0.4) is 0 Å². The summed E-state index contributed by atoms with van der Waals surface area (Å²) in [6.45, 7) is 0. The highest BCUT2D eigenvalue weighted by Crippen LogP contribution is 2.29. The van der Waals surface area contributed by atoms with Crippen molar-refractivity contribution in [2.45, 2.75) is 0 Å². The number of benzene rings is 1. The predicted molar refractivity (Wildman–Crippen MR) is 65.7 cm³/mol. The van der Waals surface area contributed by atoms with Gasteiger partial charge in [-0.25, -0.2) is 0 Å². The van der Waals surface area contributed by atoms with Crippen LogP contribution in [0.2, 0.25) is 0 Å². The molecule has 16 heavy (non-hydrogen) atoms. The van der Waals surface area contributed by atoms with Crippen molar-refractivity contribution >= 4 is 18.9 Å². The number of carbonyl (C=O) groups is 1. The van der Waals surface area contributed by atoms with Crippen LogP contribution in [-0.4, -0.2) is 26.3 Å². The van der Waals surface area contributed by atoms with E-state index in [-0.39, 0.29) is 0 Å². The highest BCUT2D eigenvalue weighted by molar-refractivity contribution is 7.80. The van der Waals surface area contributed by atoms with Gasteiger partial charge >= 0.3 is 0 Å². The van der Waals surface area contributed by atoms with Crippen LogP contribution in [0.15, 0.2) is 12.1 Å². The molecule has 0 amide bonds. The smallest absolute Gasteiger partial charge is 0.162 e. The Morgan fingerprint density at radius 2 is 1.94 bits per heavy atom. The van der Waals surface area contributed by atoms with Gasteiger partial charge in [0.2, 0.25) is 0 Å². The van der Waals surface area contributed by atoms with E-state index in [2.05, 4.69) is 24.5 Å². The molecule has 0 aliphatic carbocycles. The average molecular weight is 236 g/mol. The number of carbonyl (C=O) groups excluding carboxylic acids is 1. The second-order valence-electron chi connectivity index (χ2n) is 2.87. The van der Waals surface area contributed by atoms with Gasteiger partial charge in [-0.3, -0.25) is 4.79 Å². The Labute approximate surface area is 100 Å². The van der Waals surface area contributed by atoms with E-state index in [1.807, 2.05) is 0 Å². The Hall–Kier alpha value is -1.60. The van der Waals surface area contributed by atoms with E-state index in [0.29, 0.717) is 28.4 Å². The van der Waals surface area contributed by atoms with Crippen LogP contribution in [0.4, 0.5) is 0 Å². The lowest BCUT2D eigenvalue weighted by Crippen LogP contribution is -1.95. The minimum Gasteiger partial charge on any atom is -0.493 e. The van der Waals surface area contributed by atoms with Crippen molar-refractivity contribution in [1.82, 2.24) is 0 Å². The molecule has 0 aliphatic heterocycles. The number of hydrogen-bond donors (Lipinski definition) is 1. The van der Waals surface area contributed by atoms with Gasteiger partial charge in [0.1, 0.15) is 0 Å². The van der Waals surface area contributed by atoms with Crippen LogP contribution in [-0.2, 0) is 0 Å². The second kappa shape index (κ2) is 6.09. The van der Waals surface area contributed by atoms with Gasteiger partial charge < -0.3 is 9.47 Å². The molecule has 3 nitrogen and oxygen atoms in total. The van der Waals surface area contributed by atoms with Gasteiger partial charge in [-0.15, -0.1) is 0 Å². The van der Waals surface area contributed by atoms with E-state index in [9.17, 15) is 4.79 Å². The third kappa shape index (κ3) is 2.71. The van der Waals surface area contributed by atoms with E-state index in [1.165, 1.54) is 14.2 Å². The fourth-order valence-electron chi connectivity index (χ4n) is 1.24. The van der Waals surface area contributed by atoms with Crippen molar-refractivity contribution in [3.05, 3.63) is 23.3 Å². The van der Waals surface area contributed by atoms with E-state index >= 15 is 0 Å². The summed E-state index contributed by atoms with van der Waals surface area (Å²) in [7, 11) is 3.06. The minimum atomic E-state index is 0.437. The first-order valence-corrected chi connectivity index (χ1v) is 5.21. The summed E-state index contributed by atoms with van der Waals surface area (Å²) < 4.78 is 10.2. The van der Waals surface area contributed by atoms with Crippen molar-refractivity contribution in [2.24, 2.45) is 0 Å². The molecule has 0 atom stereocenters. The molecular formula is C12H12O3S. The number of rotatable bonds is 3. The van der Waals surface area contributed by atoms with Crippen LogP contribution in [0, 0.1) is 11.8 Å². The number of ether oxygens (including phenoxy) is 2. The Bertz CT molecular complexity index is 444. The van der Waals surface area contributed by atoms with E-state index in [0.717, 1.165) is 6.29 Å². The van der Waals surface area contributed by atoms with Gasteiger partial charge in [-0.05, 0) is 6.07 Å². The Morgan fingerprint density at radius 1 is 1.31 bits per heavy atom. The number of methoxy groups -OCH3 is 2. The average Bonchev–Trinajstić information content (AvgIpc) is 2.35. The zero-order valence-electron chi connectivity index (χ0n) is 9.11. The van der Waals surface area contributed by atoms with Crippen molar-refractivity contribution in [3.8, 4) is 23.3 Å². The van der Waals surface area contributed by atoms with Crippen LogP contribution >= 0.6 is 12.6 Å². The summed E-state index contributed by atoms with van der Waals surface area (Å²) in [5.41, 5.74) is 1.09. The monoisotopic (exact) mass is 236 g/mol. The lowest BCUT2D eigenvalue weighted by Gasteiger charge is -2.09. The first kappa shape index (κ1) is 12.5. The lowest BCUT2D eigenvalue weighted by atomic mass is 10.1. The first-order chi connectivity index (χ1) is 7.76. The van der Waals surface area contributed by atoms with Crippen LogP contribution in [0.1, 0.15) is 15.9 Å². The molecule has 0 spiro atoms. The molecule has 0 saturated carbocycles. The quantitative estimate of drug-likeness (QED) is 0.494. The zero-order chi connectivity index (χ0) is 12.0. The topological polar surface area (TPSA) is 35.5 Å². The molecule has 1 aromatic rings. The number of hydrogen-bond acceptors (Lipinski definition) is 4. The second-order valence-corrected chi connectivity index (χ2v) is 3.19. The molecule has 0 radical (unpaired) electrons. The highest BCUT2D eigenvalue weighted by Gasteiger charge is 2.08. The molecule has 84 valence electrons. The van der Waals surface area contributed by atoms with E-state index in [4.69, 9.17) is 9.47 Å². The summed E-state index contributed by atoms with van der Waals surface area (Å²) in [5.74, 6) is 7.14. The maximum absolute atomic E-state index is 10.9. The molecule has 1 rings (SSSR count). The zero-order valence-corrected chi connectivity index (χ0v) is 10.0. The number of aldehydes is 1. The summed E-state index contributed by atoms with van der Waals surface area (Å²) in [6.07, 6.45) is 0.741. The molecule has 0 fully saturated rings. The molecule has 0 aromatic heterocycles. The van der Waals surface area contributed by atoms with Gasteiger partial charge in [-0.1, -0.05) is 11.8 Å². The number of thiol groups is 1. The van der Waals surface area contributed by atoms with Gasteiger partial charge in [0.05, 0.1) is 20.0 Å². The molecule has 0 unspecified atom stereocenters. The van der Waals surface area contributed by atoms with Gasteiger partial charge in [0.25, 0.3) is 0 Å². The fraction of sp³-hybridized carbons (Fsp3) is 0.250. The van der Waals surface area contributed by atoms with E-state index < -0.39 is 0 Å². The van der Waals surface area contributed by atoms with Gasteiger partial charge in [0.15, 0.2) is 17.8 Å². The summed E-state index contributed by atoms with van der Waals surface area (Å²) in [5, 5.41) is 0. The fourth-order valence-corrected chi connectivity index (χ4v) is 1.31. The summed E-state index contributed by atoms with van der Waals surface area (Å²) in [4.78, 5) is 10.9. The molecule has 0 saturated heterocycles. The van der Waals surface area contributed by atoms with Gasteiger partial charge in [-0.2, -0.15) is 12.6 Å². The standard InChI is InChI=1S/C12H12O3S/c1-14-11-6-9(4-3-5-16)10(8-13)7-12(11)15-2/h6-8,16H,5H2,1-2H3. The van der Waals surface area contributed by atoms with Gasteiger partial charge in [0, 0.05) is 17.2 Å². The summed E-state index contributed by atoms with van der Waals surface area (Å²) >= 11 is 3.98. The van der Waals surface area contributed by atoms with Crippen LogP contribution in [0.5, 0.6) is 11.5 Å². The van der Waals surface area contributed by atoms with Crippen molar-refractivity contribution in [3.63, 3.8) is 0 Å². The van der Waals surface area contributed by atoms with Crippen molar-refractivity contribution in [1.29, 1.82) is 0 Å². The molecule has 1 aromatic carbocycles. The molecule has 0 heterocycles. The van der Waals surface area contributed by atoms with Crippen molar-refractivity contribution < 1.29 is 14.3 Å². The molecule has 0 N–H and O–H groups in total. The molecule has 4 heteroatoms. The third-order valence-electron chi connectivity index (χ3n) is 1.98. The molecule has 0 bridgehead atoms. The predicted octanol–water partition coefficient (Wildman–Crippen LogP) is 1.80. The van der Waals surface area contributed by atoms with Crippen LogP contribution in [0.25, 0.3) is 0 Å². The molecule has 0 aliphatic rings. The maximum atomic E-state index is 10.9. The van der Waals surface area contributed by atoms with Crippen LogP contribution < -0.4 is 9.47 Å². The molecular weight excluding hydrogens is 224 g/mol. The van der Waals surface area contributed by atoms with Crippen molar-refractivity contribution in [2.75, 3.05) is 20.0 Å². The Kier molecular flexibility index (Phi) is 4.74. The highest BCUT2D eigenvalue weighted by atomic mass is 32.1. The maximum Gasteiger partial charge on any atom is 0.162 e. The Morgan fingerprint density at radius 3 is 2.44 bits per heavy atom. The Balaban J connectivity index is 3.31.